The molecule has 1 atom stereocenters. The molecule has 222 valence electrons. The molecule has 0 radical (unpaired) electrons. The molecule has 2 aliphatic rings. The molecule has 7 nitrogen and oxygen atoms in total. The lowest BCUT2D eigenvalue weighted by Gasteiger charge is -2.49. The third-order valence-corrected chi connectivity index (χ3v) is 8.74. The third kappa shape index (κ3) is 5.16. The quantitative estimate of drug-likeness (QED) is 0.180. The number of amidine groups is 1. The number of halogens is 5. The van der Waals surface area contributed by atoms with Crippen LogP contribution in [0.3, 0.4) is 0 Å². The molecule has 1 saturated heterocycles. The van der Waals surface area contributed by atoms with Crippen LogP contribution in [0.25, 0.3) is 11.2 Å². The van der Waals surface area contributed by atoms with Crippen LogP contribution in [0.4, 0.5) is 22.0 Å². The second kappa shape index (κ2) is 10.2. The van der Waals surface area contributed by atoms with Crippen molar-refractivity contribution in [3.8, 4) is 5.69 Å². The van der Waals surface area contributed by atoms with Gasteiger partial charge in [-0.3, -0.25) is 24.3 Å². The van der Waals surface area contributed by atoms with Gasteiger partial charge in [-0.15, -0.1) is 0 Å². The van der Waals surface area contributed by atoms with Gasteiger partial charge in [0, 0.05) is 58.5 Å². The number of nitrogens with zero attached hydrogens (tertiary/aromatic N) is 4. The Labute approximate surface area is 235 Å². The van der Waals surface area contributed by atoms with Crippen molar-refractivity contribution in [2.75, 3.05) is 27.2 Å². The van der Waals surface area contributed by atoms with Gasteiger partial charge < -0.3 is 0 Å². The number of rotatable bonds is 6. The van der Waals surface area contributed by atoms with Crippen molar-refractivity contribution >= 4 is 11.4 Å². The van der Waals surface area contributed by atoms with E-state index in [0.29, 0.717) is 17.4 Å². The molecule has 1 aliphatic heterocycles. The minimum absolute atomic E-state index is 0.0222. The number of imidazole rings is 1. The monoisotopic (exact) mass is 578 g/mol. The van der Waals surface area contributed by atoms with Gasteiger partial charge in [0.15, 0.2) is 0 Å². The lowest BCUT2D eigenvalue weighted by molar-refractivity contribution is -0.136. The summed E-state index contributed by atoms with van der Waals surface area (Å²) in [6.45, 7) is 3.66. The van der Waals surface area contributed by atoms with Gasteiger partial charge in [0.25, 0.3) is 5.92 Å². The molecule has 3 heterocycles. The Balaban J connectivity index is 1.56. The van der Waals surface area contributed by atoms with E-state index in [1.54, 1.807) is 42.2 Å². The first-order chi connectivity index (χ1) is 19.2. The van der Waals surface area contributed by atoms with Gasteiger partial charge in [0.2, 0.25) is 0 Å². The summed E-state index contributed by atoms with van der Waals surface area (Å²) in [5, 5.41) is 10.5. The highest BCUT2D eigenvalue weighted by Gasteiger charge is 2.48. The number of likely N-dealkylation sites (N-methyl/N-ethyl adjacent to an activating group) is 1. The molecule has 12 heteroatoms. The molecule has 1 aromatic carbocycles. The van der Waals surface area contributed by atoms with Gasteiger partial charge in [-0.05, 0) is 48.1 Å². The molecule has 0 amide bonds. The number of aromatic nitrogens is 2. The number of hydrogen-bond donors (Lipinski definition) is 2. The van der Waals surface area contributed by atoms with E-state index in [1.165, 1.54) is 23.9 Å². The van der Waals surface area contributed by atoms with E-state index >= 15 is 0 Å². The van der Waals surface area contributed by atoms with Crippen molar-refractivity contribution < 1.29 is 22.0 Å². The molecule has 0 spiro atoms. The van der Waals surface area contributed by atoms with E-state index < -0.39 is 34.7 Å². The molecule has 1 aliphatic carbocycles. The summed E-state index contributed by atoms with van der Waals surface area (Å²) >= 11 is 0. The van der Waals surface area contributed by atoms with Gasteiger partial charge in [-0.1, -0.05) is 26.0 Å². The Kier molecular flexibility index (Phi) is 7.30. The highest BCUT2D eigenvalue weighted by molar-refractivity contribution is 5.91. The maximum absolute atomic E-state index is 14.2. The summed E-state index contributed by atoms with van der Waals surface area (Å²) in [6.07, 6.45) is -1.07. The first kappa shape index (κ1) is 29.2. The topological polar surface area (TPSA) is 68.8 Å². The van der Waals surface area contributed by atoms with Crippen molar-refractivity contribution in [2.45, 2.75) is 57.2 Å². The summed E-state index contributed by atoms with van der Waals surface area (Å²) in [5.74, 6) is -2.96. The van der Waals surface area contributed by atoms with E-state index in [0.717, 1.165) is 28.9 Å². The average Bonchev–Trinajstić information content (AvgIpc) is 3.23. The second-order valence-corrected chi connectivity index (χ2v) is 11.7. The molecular weight excluding hydrogens is 543 g/mol. The average molecular weight is 579 g/mol. The zero-order valence-corrected chi connectivity index (χ0v) is 23.5. The number of hydrogen-bond acceptors (Lipinski definition) is 4. The SMILES string of the molecule is CNN(C)C(=N)C1(c2cccc(-n3cc4c(C(F)(F)F)cc(CN5CCC(F)(F)[C@H](C)C5)cn4c3=O)c2)CC(C)C1. The highest BCUT2D eigenvalue weighted by atomic mass is 19.4. The van der Waals surface area contributed by atoms with Crippen molar-refractivity contribution in [3.63, 3.8) is 0 Å². The maximum Gasteiger partial charge on any atom is 0.418 e. The number of fused-ring (bicyclic) bond motifs is 1. The molecule has 1 saturated carbocycles. The lowest BCUT2D eigenvalue weighted by Crippen LogP contribution is -2.55. The summed E-state index contributed by atoms with van der Waals surface area (Å²) < 4.78 is 72.8. The highest BCUT2D eigenvalue weighted by Crippen LogP contribution is 2.49. The van der Waals surface area contributed by atoms with Crippen molar-refractivity contribution in [1.82, 2.24) is 24.3 Å². The fraction of sp³-hybridized carbons (Fsp3) is 0.517. The summed E-state index contributed by atoms with van der Waals surface area (Å²) in [6, 6.07) is 8.08. The van der Waals surface area contributed by atoms with Crippen molar-refractivity contribution in [2.24, 2.45) is 11.8 Å². The third-order valence-electron chi connectivity index (χ3n) is 8.74. The number of benzene rings is 1. The number of hydrazine groups is 1. The van der Waals surface area contributed by atoms with Crippen LogP contribution >= 0.6 is 0 Å². The van der Waals surface area contributed by atoms with Crippen LogP contribution in [-0.2, 0) is 18.1 Å². The summed E-state index contributed by atoms with van der Waals surface area (Å²) in [4.78, 5) is 15.3. The Morgan fingerprint density at radius 3 is 2.49 bits per heavy atom. The fourth-order valence-corrected chi connectivity index (χ4v) is 6.39. The van der Waals surface area contributed by atoms with Crippen molar-refractivity contribution in [3.05, 3.63) is 69.9 Å². The summed E-state index contributed by atoms with van der Waals surface area (Å²) in [5.41, 5.74) is 1.91. The smallest absolute Gasteiger partial charge is 0.299 e. The normalized spacial score (nSPS) is 24.8. The first-order valence-corrected chi connectivity index (χ1v) is 13.7. The van der Waals surface area contributed by atoms with Crippen molar-refractivity contribution in [1.29, 1.82) is 5.41 Å². The molecule has 41 heavy (non-hydrogen) atoms. The first-order valence-electron chi connectivity index (χ1n) is 13.7. The Bertz CT molecular complexity index is 1520. The zero-order valence-electron chi connectivity index (χ0n) is 23.5. The predicted molar refractivity (Wildman–Crippen MR) is 147 cm³/mol. The molecule has 0 unspecified atom stereocenters. The predicted octanol–water partition coefficient (Wildman–Crippen LogP) is 5.30. The lowest BCUT2D eigenvalue weighted by atomic mass is 9.58. The van der Waals surface area contributed by atoms with Crippen LogP contribution in [0.1, 0.15) is 49.8 Å². The zero-order chi connectivity index (χ0) is 29.9. The Morgan fingerprint density at radius 1 is 1.17 bits per heavy atom. The van der Waals surface area contributed by atoms with Gasteiger partial charge in [0.05, 0.1) is 22.2 Å². The molecule has 5 rings (SSSR count). The van der Waals surface area contributed by atoms with Crippen LogP contribution in [-0.4, -0.2) is 57.8 Å². The fourth-order valence-electron chi connectivity index (χ4n) is 6.39. The van der Waals surface area contributed by atoms with Crippen LogP contribution in [0.5, 0.6) is 0 Å². The number of likely N-dealkylation sites (tertiary alicyclic amines) is 1. The molecule has 2 N–H and O–H groups in total. The molecular formula is C29H35F5N6O. The number of alkyl halides is 5. The minimum Gasteiger partial charge on any atom is -0.299 e. The molecule has 3 aromatic rings. The Hall–Kier alpha value is -3.25. The Morgan fingerprint density at radius 2 is 1.88 bits per heavy atom. The van der Waals surface area contributed by atoms with Gasteiger partial charge in [-0.2, -0.15) is 13.2 Å². The standard InChI is InChI=1S/C29H35F5N6O/c1-18-12-27(13-18,25(35)37(4)36-3)21-6-5-7-22(11-21)39-17-24-23(29(32,33)34)10-20(16-40(24)26(39)41)15-38-9-8-28(30,31)19(2)14-38/h5-7,10-11,16-19,35-36H,8-9,12-15H2,1-4H3/t18?,19-,27?/m1/s1. The van der Waals surface area contributed by atoms with E-state index in [9.17, 15) is 26.7 Å². The molecule has 0 bridgehead atoms. The number of pyridine rings is 1. The van der Waals surface area contributed by atoms with Crippen LogP contribution in [0.2, 0.25) is 0 Å². The van der Waals surface area contributed by atoms with Gasteiger partial charge >= 0.3 is 11.9 Å². The second-order valence-electron chi connectivity index (χ2n) is 11.7. The van der Waals surface area contributed by atoms with Crippen LogP contribution < -0.4 is 11.1 Å². The van der Waals surface area contributed by atoms with Crippen LogP contribution in [0, 0.1) is 17.2 Å². The number of nitrogens with one attached hydrogen (secondary N) is 2. The molecule has 2 fully saturated rings. The van der Waals surface area contributed by atoms with E-state index in [2.05, 4.69) is 12.3 Å². The summed E-state index contributed by atoms with van der Waals surface area (Å²) in [7, 11) is 3.48. The van der Waals surface area contributed by atoms with E-state index in [4.69, 9.17) is 5.41 Å². The van der Waals surface area contributed by atoms with E-state index in [-0.39, 0.29) is 37.1 Å². The van der Waals surface area contributed by atoms with Gasteiger partial charge in [0.1, 0.15) is 5.84 Å². The number of piperidine rings is 1. The van der Waals surface area contributed by atoms with Crippen LogP contribution in [0.15, 0.2) is 47.5 Å². The van der Waals surface area contributed by atoms with E-state index in [1.807, 2.05) is 6.07 Å². The largest absolute Gasteiger partial charge is 0.418 e. The minimum atomic E-state index is -4.73. The molecule has 2 aromatic heterocycles. The van der Waals surface area contributed by atoms with Gasteiger partial charge in [-0.25, -0.2) is 19.0 Å². The maximum atomic E-state index is 14.2.